The molecule has 1 amide bonds. The normalized spacial score (nSPS) is 11.1. The highest BCUT2D eigenvalue weighted by atomic mass is 16.2. The van der Waals surface area contributed by atoms with Gasteiger partial charge in [0.15, 0.2) is 11.6 Å². The van der Waals surface area contributed by atoms with Crippen molar-refractivity contribution in [1.29, 1.82) is 0 Å². The summed E-state index contributed by atoms with van der Waals surface area (Å²) in [5.41, 5.74) is 2.96. The first-order valence-corrected chi connectivity index (χ1v) is 7.25. The van der Waals surface area contributed by atoms with Gasteiger partial charge in [0, 0.05) is 11.1 Å². The molecule has 0 saturated carbocycles. The zero-order valence-corrected chi connectivity index (χ0v) is 13.7. The molecule has 0 spiro atoms. The van der Waals surface area contributed by atoms with Gasteiger partial charge in [-0.25, -0.2) is 0 Å². The summed E-state index contributed by atoms with van der Waals surface area (Å²) in [5, 5.41) is 14.1. The number of amides is 1. The number of aromatic nitrogens is 2. The molecule has 5 heteroatoms. The van der Waals surface area contributed by atoms with Crippen LogP contribution in [0.15, 0.2) is 30.3 Å². The maximum Gasteiger partial charge on any atom is 0.230 e. The summed E-state index contributed by atoms with van der Waals surface area (Å²) in [6, 6.07) is 9.65. The number of anilines is 3. The van der Waals surface area contributed by atoms with Gasteiger partial charge < -0.3 is 10.6 Å². The number of carbonyl (C=O) groups excluding carboxylic acids is 1. The molecule has 2 N–H and O–H groups in total. The summed E-state index contributed by atoms with van der Waals surface area (Å²) in [4.78, 5) is 11.9. The summed E-state index contributed by atoms with van der Waals surface area (Å²) in [6.45, 7) is 9.70. The fraction of sp³-hybridized carbons (Fsp3) is 0.353. The van der Waals surface area contributed by atoms with Crippen molar-refractivity contribution in [3.63, 3.8) is 0 Å². The van der Waals surface area contributed by atoms with Crippen molar-refractivity contribution in [2.75, 3.05) is 10.6 Å². The van der Waals surface area contributed by atoms with E-state index in [4.69, 9.17) is 0 Å². The fourth-order valence-corrected chi connectivity index (χ4v) is 1.74. The molecule has 5 nitrogen and oxygen atoms in total. The Hall–Kier alpha value is -2.43. The number of benzene rings is 1. The zero-order valence-electron chi connectivity index (χ0n) is 13.7. The van der Waals surface area contributed by atoms with E-state index in [1.54, 1.807) is 12.1 Å². The first kappa shape index (κ1) is 15.9. The van der Waals surface area contributed by atoms with Crippen LogP contribution in [0.5, 0.6) is 0 Å². The van der Waals surface area contributed by atoms with Crippen LogP contribution in [0.25, 0.3) is 0 Å². The highest BCUT2D eigenvalue weighted by Crippen LogP contribution is 2.19. The standard InChI is InChI=1S/C17H22N4O/c1-11-6-7-13(10-12(11)2)18-14-8-9-15(21-20-14)19-16(22)17(3,4)5/h6-10H,1-5H3,(H,18,20)(H,19,21,22). The van der Waals surface area contributed by atoms with E-state index in [0.717, 1.165) is 5.69 Å². The molecule has 0 fully saturated rings. The van der Waals surface area contributed by atoms with Crippen molar-refractivity contribution in [3.05, 3.63) is 41.5 Å². The number of carbonyl (C=O) groups is 1. The second-order valence-corrected chi connectivity index (χ2v) is 6.43. The Labute approximate surface area is 131 Å². The predicted molar refractivity (Wildman–Crippen MR) is 89.3 cm³/mol. The lowest BCUT2D eigenvalue weighted by Crippen LogP contribution is -2.28. The van der Waals surface area contributed by atoms with Gasteiger partial charge in [0.25, 0.3) is 0 Å². The molecule has 1 aromatic carbocycles. The highest BCUT2D eigenvalue weighted by Gasteiger charge is 2.21. The quantitative estimate of drug-likeness (QED) is 0.904. The molecule has 2 rings (SSSR count). The van der Waals surface area contributed by atoms with Gasteiger partial charge in [-0.1, -0.05) is 26.8 Å². The average molecular weight is 298 g/mol. The van der Waals surface area contributed by atoms with Gasteiger partial charge in [-0.2, -0.15) is 0 Å². The molecule has 0 aliphatic heterocycles. The first-order valence-electron chi connectivity index (χ1n) is 7.25. The molecular weight excluding hydrogens is 276 g/mol. The van der Waals surface area contributed by atoms with Crippen LogP contribution >= 0.6 is 0 Å². The lowest BCUT2D eigenvalue weighted by molar-refractivity contribution is -0.123. The van der Waals surface area contributed by atoms with Crippen molar-refractivity contribution in [2.45, 2.75) is 34.6 Å². The summed E-state index contributed by atoms with van der Waals surface area (Å²) in [5.74, 6) is 0.999. The van der Waals surface area contributed by atoms with Crippen LogP contribution < -0.4 is 10.6 Å². The Balaban J connectivity index is 2.06. The van der Waals surface area contributed by atoms with Gasteiger partial charge in [0.05, 0.1) is 0 Å². The van der Waals surface area contributed by atoms with E-state index in [9.17, 15) is 4.79 Å². The molecule has 0 aliphatic carbocycles. The summed E-state index contributed by atoms with van der Waals surface area (Å²) in [6.07, 6.45) is 0. The molecule has 22 heavy (non-hydrogen) atoms. The highest BCUT2D eigenvalue weighted by molar-refractivity contribution is 5.93. The maximum absolute atomic E-state index is 11.9. The van der Waals surface area contributed by atoms with Crippen molar-refractivity contribution < 1.29 is 4.79 Å². The van der Waals surface area contributed by atoms with Crippen LogP contribution in [-0.2, 0) is 4.79 Å². The Bertz CT molecular complexity index is 672. The molecule has 0 atom stereocenters. The van der Waals surface area contributed by atoms with E-state index in [2.05, 4.69) is 46.8 Å². The molecule has 0 saturated heterocycles. The Kier molecular flexibility index (Phi) is 4.45. The topological polar surface area (TPSA) is 66.9 Å². The summed E-state index contributed by atoms with van der Waals surface area (Å²) in [7, 11) is 0. The molecular formula is C17H22N4O. The van der Waals surface area contributed by atoms with E-state index < -0.39 is 5.41 Å². The smallest absolute Gasteiger partial charge is 0.230 e. The van der Waals surface area contributed by atoms with Gasteiger partial charge in [0.1, 0.15) is 0 Å². The minimum atomic E-state index is -0.460. The van der Waals surface area contributed by atoms with Crippen LogP contribution in [0.1, 0.15) is 31.9 Å². The maximum atomic E-state index is 11.9. The van der Waals surface area contributed by atoms with E-state index in [0.29, 0.717) is 11.6 Å². The number of aryl methyl sites for hydroxylation is 2. The van der Waals surface area contributed by atoms with E-state index in [-0.39, 0.29) is 5.91 Å². The zero-order chi connectivity index (χ0) is 16.3. The second kappa shape index (κ2) is 6.13. The van der Waals surface area contributed by atoms with Crippen LogP contribution in [0.3, 0.4) is 0 Å². The van der Waals surface area contributed by atoms with Crippen LogP contribution in [-0.4, -0.2) is 16.1 Å². The van der Waals surface area contributed by atoms with E-state index in [1.165, 1.54) is 11.1 Å². The van der Waals surface area contributed by atoms with Gasteiger partial charge in [0.2, 0.25) is 5.91 Å². The SMILES string of the molecule is Cc1ccc(Nc2ccc(NC(=O)C(C)(C)C)nn2)cc1C. The molecule has 0 aliphatic rings. The molecule has 1 aromatic heterocycles. The predicted octanol–water partition coefficient (Wildman–Crippen LogP) is 3.82. The van der Waals surface area contributed by atoms with Gasteiger partial charge in [-0.15, -0.1) is 10.2 Å². The largest absolute Gasteiger partial charge is 0.339 e. The van der Waals surface area contributed by atoms with E-state index in [1.807, 2.05) is 26.8 Å². The fourth-order valence-electron chi connectivity index (χ4n) is 1.74. The monoisotopic (exact) mass is 298 g/mol. The molecule has 1 heterocycles. The Morgan fingerprint density at radius 3 is 2.14 bits per heavy atom. The second-order valence-electron chi connectivity index (χ2n) is 6.43. The number of nitrogens with zero attached hydrogens (tertiary/aromatic N) is 2. The van der Waals surface area contributed by atoms with Gasteiger partial charge in [-0.05, 0) is 49.2 Å². The first-order chi connectivity index (χ1) is 10.3. The number of rotatable bonds is 3. The minimum absolute atomic E-state index is 0.0864. The number of hydrogen-bond acceptors (Lipinski definition) is 4. The van der Waals surface area contributed by atoms with Crippen molar-refractivity contribution in [1.82, 2.24) is 10.2 Å². The lowest BCUT2D eigenvalue weighted by Gasteiger charge is -2.16. The third kappa shape index (κ3) is 4.04. The Morgan fingerprint density at radius 2 is 1.59 bits per heavy atom. The Morgan fingerprint density at radius 1 is 0.955 bits per heavy atom. The third-order valence-electron chi connectivity index (χ3n) is 3.37. The minimum Gasteiger partial charge on any atom is -0.339 e. The third-order valence-corrected chi connectivity index (χ3v) is 3.37. The number of hydrogen-bond donors (Lipinski definition) is 2. The van der Waals surface area contributed by atoms with Crippen molar-refractivity contribution in [3.8, 4) is 0 Å². The molecule has 0 unspecified atom stereocenters. The number of nitrogens with one attached hydrogen (secondary N) is 2. The van der Waals surface area contributed by atoms with Crippen molar-refractivity contribution >= 4 is 23.2 Å². The van der Waals surface area contributed by atoms with E-state index >= 15 is 0 Å². The average Bonchev–Trinajstić information content (AvgIpc) is 2.44. The van der Waals surface area contributed by atoms with Gasteiger partial charge in [-0.3, -0.25) is 4.79 Å². The molecule has 2 aromatic rings. The van der Waals surface area contributed by atoms with Crippen molar-refractivity contribution in [2.24, 2.45) is 5.41 Å². The van der Waals surface area contributed by atoms with Gasteiger partial charge >= 0.3 is 0 Å². The summed E-state index contributed by atoms with van der Waals surface area (Å²) >= 11 is 0. The molecule has 0 bridgehead atoms. The molecule has 116 valence electrons. The van der Waals surface area contributed by atoms with Crippen LogP contribution in [0, 0.1) is 19.3 Å². The van der Waals surface area contributed by atoms with Crippen LogP contribution in [0.2, 0.25) is 0 Å². The summed E-state index contributed by atoms with van der Waals surface area (Å²) < 4.78 is 0. The van der Waals surface area contributed by atoms with Crippen LogP contribution in [0.4, 0.5) is 17.3 Å². The lowest BCUT2D eigenvalue weighted by atomic mass is 9.96. The molecule has 0 radical (unpaired) electrons.